The summed E-state index contributed by atoms with van der Waals surface area (Å²) in [4.78, 5) is 12.4. The van der Waals surface area contributed by atoms with Gasteiger partial charge in [-0.15, -0.1) is 0 Å². The number of aromatic amines is 1. The van der Waals surface area contributed by atoms with Crippen molar-refractivity contribution in [2.45, 2.75) is 44.2 Å². The minimum Gasteiger partial charge on any atom is -0.341 e. The second-order valence-corrected chi connectivity index (χ2v) is 9.20. The monoisotopic (exact) mass is 441 g/mol. The van der Waals surface area contributed by atoms with Crippen molar-refractivity contribution in [1.29, 1.82) is 0 Å². The van der Waals surface area contributed by atoms with Crippen molar-refractivity contribution in [2.75, 3.05) is 13.1 Å². The van der Waals surface area contributed by atoms with Crippen molar-refractivity contribution >= 4 is 11.3 Å². The lowest BCUT2D eigenvalue weighted by atomic mass is 9.96. The zero-order chi connectivity index (χ0) is 22.2. The van der Waals surface area contributed by atoms with Gasteiger partial charge in [-0.05, 0) is 73.2 Å². The molecule has 33 heavy (non-hydrogen) atoms. The van der Waals surface area contributed by atoms with E-state index in [4.69, 9.17) is 0 Å². The Balaban J connectivity index is 1.16. The van der Waals surface area contributed by atoms with E-state index >= 15 is 4.39 Å². The molecule has 0 saturated carbocycles. The average Bonchev–Trinajstić information content (AvgIpc) is 3.64. The number of nitrogens with zero attached hydrogens (tertiary/aromatic N) is 2. The van der Waals surface area contributed by atoms with E-state index in [0.717, 1.165) is 55.0 Å². The van der Waals surface area contributed by atoms with Gasteiger partial charge >= 0.3 is 0 Å². The first-order chi connectivity index (χ1) is 16.2. The third-order valence-electron chi connectivity index (χ3n) is 7.05. The van der Waals surface area contributed by atoms with Gasteiger partial charge in [-0.2, -0.15) is 0 Å². The number of H-pyrrole nitrogens is 1. The molecule has 3 aliphatic rings. The molecular weight excluding hydrogens is 413 g/mol. The maximum Gasteiger partial charge on any atom is 0.133 e. The Morgan fingerprint density at radius 3 is 2.30 bits per heavy atom. The van der Waals surface area contributed by atoms with Gasteiger partial charge in [0.2, 0.25) is 0 Å². The van der Waals surface area contributed by atoms with Crippen LogP contribution in [0.15, 0.2) is 59.9 Å². The van der Waals surface area contributed by atoms with Gasteiger partial charge in [0, 0.05) is 29.9 Å². The highest BCUT2D eigenvalue weighted by Gasteiger charge is 2.24. The summed E-state index contributed by atoms with van der Waals surface area (Å²) in [7, 11) is 0. The van der Waals surface area contributed by atoms with Crippen LogP contribution >= 0.6 is 0 Å². The molecule has 6 heteroatoms. The molecule has 0 radical (unpaired) electrons. The fourth-order valence-corrected chi connectivity index (χ4v) is 5.16. The lowest BCUT2D eigenvalue weighted by molar-refractivity contribution is 0.612. The number of imidazole rings is 1. The highest BCUT2D eigenvalue weighted by atomic mass is 19.1. The molecule has 6 rings (SSSR count). The summed E-state index contributed by atoms with van der Waals surface area (Å²) in [6, 6.07) is 14.5. The second-order valence-electron chi connectivity index (χ2n) is 9.20. The van der Waals surface area contributed by atoms with E-state index < -0.39 is 0 Å². The van der Waals surface area contributed by atoms with Gasteiger partial charge in [0.25, 0.3) is 0 Å². The molecule has 2 fully saturated rings. The van der Waals surface area contributed by atoms with Crippen molar-refractivity contribution in [3.63, 3.8) is 0 Å². The largest absolute Gasteiger partial charge is 0.341 e. The maximum absolute atomic E-state index is 15.0. The third kappa shape index (κ3) is 4.05. The summed E-state index contributed by atoms with van der Waals surface area (Å²) in [5, 5.41) is 6.95. The molecule has 3 aliphatic heterocycles. The van der Waals surface area contributed by atoms with Crippen molar-refractivity contribution in [1.82, 2.24) is 20.6 Å². The van der Waals surface area contributed by atoms with Crippen LogP contribution < -0.4 is 10.6 Å². The van der Waals surface area contributed by atoms with E-state index in [1.165, 1.54) is 29.7 Å². The summed E-state index contributed by atoms with van der Waals surface area (Å²) in [6.07, 6.45) is 9.24. The molecule has 0 aliphatic carbocycles. The van der Waals surface area contributed by atoms with Gasteiger partial charge in [-0.3, -0.25) is 4.99 Å². The molecule has 0 bridgehead atoms. The van der Waals surface area contributed by atoms with Crippen LogP contribution in [0.1, 0.15) is 49.5 Å². The zero-order valence-corrected chi connectivity index (χ0v) is 18.6. The standard InChI is InChI=1S/C27H28FN5/c28-22-13-19(9-10-21(22)26-16-32-27(33-26)24-4-2-12-30-24)17-5-7-18(8-6-17)20-14-25(31-15-20)23-3-1-11-29-23/h5-10,13,15-16,23-24,29-30H,1-4,11-12,14H2,(H,32,33)/t23-,24-/m0/s1. The first-order valence-electron chi connectivity index (χ1n) is 11.9. The average molecular weight is 442 g/mol. The predicted octanol–water partition coefficient (Wildman–Crippen LogP) is 5.24. The number of halogens is 1. The number of hydrogen-bond donors (Lipinski definition) is 3. The summed E-state index contributed by atoms with van der Waals surface area (Å²) in [5.74, 6) is 0.644. The number of benzene rings is 2. The molecule has 3 N–H and O–H groups in total. The van der Waals surface area contributed by atoms with Crippen LogP contribution in [0.2, 0.25) is 0 Å². The fraction of sp³-hybridized carbons (Fsp3) is 0.333. The highest BCUT2D eigenvalue weighted by Crippen LogP contribution is 2.31. The minimum atomic E-state index is -0.244. The third-order valence-corrected chi connectivity index (χ3v) is 7.05. The van der Waals surface area contributed by atoms with E-state index in [9.17, 15) is 0 Å². The Bertz CT molecular complexity index is 1210. The molecule has 3 aromatic rings. The highest BCUT2D eigenvalue weighted by molar-refractivity contribution is 6.01. The molecular formula is C27H28FN5. The van der Waals surface area contributed by atoms with Gasteiger partial charge in [0.15, 0.2) is 0 Å². The van der Waals surface area contributed by atoms with Crippen LogP contribution in [-0.2, 0) is 0 Å². The number of aromatic nitrogens is 2. The summed E-state index contributed by atoms with van der Waals surface area (Å²) in [6.45, 7) is 2.09. The second kappa shape index (κ2) is 8.69. The quantitative estimate of drug-likeness (QED) is 0.507. The molecule has 4 heterocycles. The topological polar surface area (TPSA) is 65.1 Å². The minimum absolute atomic E-state index is 0.241. The number of rotatable bonds is 5. The molecule has 0 amide bonds. The number of hydrogen-bond acceptors (Lipinski definition) is 4. The number of nitrogens with one attached hydrogen (secondary N) is 3. The first kappa shape index (κ1) is 20.5. The van der Waals surface area contributed by atoms with Crippen molar-refractivity contribution < 1.29 is 4.39 Å². The van der Waals surface area contributed by atoms with Crippen molar-refractivity contribution in [3.05, 3.63) is 72.1 Å². The van der Waals surface area contributed by atoms with Crippen molar-refractivity contribution in [3.8, 4) is 22.4 Å². The lowest BCUT2D eigenvalue weighted by Gasteiger charge is -2.11. The molecule has 0 spiro atoms. The smallest absolute Gasteiger partial charge is 0.133 e. The predicted molar refractivity (Wildman–Crippen MR) is 130 cm³/mol. The van der Waals surface area contributed by atoms with Crippen molar-refractivity contribution in [2.24, 2.45) is 4.99 Å². The molecule has 2 aromatic carbocycles. The van der Waals surface area contributed by atoms with E-state index in [1.807, 2.05) is 18.3 Å². The Morgan fingerprint density at radius 2 is 1.58 bits per heavy atom. The molecule has 0 unspecified atom stereocenters. The van der Waals surface area contributed by atoms with Gasteiger partial charge in [-0.25, -0.2) is 9.37 Å². The summed E-state index contributed by atoms with van der Waals surface area (Å²) < 4.78 is 15.0. The normalized spacial score (nSPS) is 22.6. The first-order valence-corrected chi connectivity index (χ1v) is 11.9. The van der Waals surface area contributed by atoms with Gasteiger partial charge in [0.05, 0.1) is 17.9 Å². The van der Waals surface area contributed by atoms with Crippen LogP contribution in [0.5, 0.6) is 0 Å². The Hall–Kier alpha value is -3.09. The van der Waals surface area contributed by atoms with Gasteiger partial charge in [0.1, 0.15) is 11.6 Å². The van der Waals surface area contributed by atoms with Gasteiger partial charge < -0.3 is 15.6 Å². The van der Waals surface area contributed by atoms with Crippen LogP contribution in [0.25, 0.3) is 28.0 Å². The molecule has 168 valence electrons. The van der Waals surface area contributed by atoms with Crippen LogP contribution in [0.3, 0.4) is 0 Å². The molecule has 2 atom stereocenters. The Kier molecular flexibility index (Phi) is 5.40. The summed E-state index contributed by atoms with van der Waals surface area (Å²) in [5.41, 5.74) is 6.81. The maximum atomic E-state index is 15.0. The molecule has 1 aromatic heterocycles. The van der Waals surface area contributed by atoms with E-state index in [-0.39, 0.29) is 11.9 Å². The number of allylic oxidation sites excluding steroid dienone is 1. The molecule has 2 saturated heterocycles. The molecule has 5 nitrogen and oxygen atoms in total. The van der Waals surface area contributed by atoms with E-state index in [1.54, 1.807) is 12.3 Å². The van der Waals surface area contributed by atoms with Gasteiger partial charge in [-0.1, -0.05) is 30.3 Å². The summed E-state index contributed by atoms with van der Waals surface area (Å²) >= 11 is 0. The Labute approximate surface area is 193 Å². The fourth-order valence-electron chi connectivity index (χ4n) is 5.16. The van der Waals surface area contributed by atoms with Crippen LogP contribution in [0, 0.1) is 5.82 Å². The number of aliphatic imine (C=N–C) groups is 1. The van der Waals surface area contributed by atoms with E-state index in [2.05, 4.69) is 49.9 Å². The Morgan fingerprint density at radius 1 is 0.848 bits per heavy atom. The lowest BCUT2D eigenvalue weighted by Crippen LogP contribution is -2.29. The van der Waals surface area contributed by atoms with Crippen LogP contribution in [0.4, 0.5) is 4.39 Å². The van der Waals surface area contributed by atoms with Crippen LogP contribution in [-0.4, -0.2) is 34.8 Å². The SMILES string of the molecule is Fc1cc(-c2ccc(C3=CN=C([C@@H]4CCCN4)C3)cc2)ccc1-c1cnc([C@@H]2CCCN2)[nH]1. The zero-order valence-electron chi connectivity index (χ0n) is 18.6. The van der Waals surface area contributed by atoms with E-state index in [0.29, 0.717) is 11.6 Å².